The molecule has 0 amide bonds. The summed E-state index contributed by atoms with van der Waals surface area (Å²) < 4.78 is 0. The molecule has 1 aromatic rings. The van der Waals surface area contributed by atoms with E-state index < -0.39 is 0 Å². The Morgan fingerprint density at radius 2 is 1.88 bits per heavy atom. The normalized spacial score (nSPS) is 13.8. The van der Waals surface area contributed by atoms with Gasteiger partial charge in [-0.2, -0.15) is 0 Å². The van der Waals surface area contributed by atoms with Crippen molar-refractivity contribution in [2.75, 3.05) is 6.54 Å². The molecule has 0 bridgehead atoms. The molecular weight excluding hydrogens is 196 g/mol. The molecule has 0 saturated heterocycles. The number of aliphatic imine (C=N–C) groups is 2. The van der Waals surface area contributed by atoms with Crippen LogP contribution in [0.1, 0.15) is 38.8 Å². The lowest BCUT2D eigenvalue weighted by molar-refractivity contribution is 1.13. The van der Waals surface area contributed by atoms with Gasteiger partial charge in [0.15, 0.2) is 5.84 Å². The first-order valence-electron chi connectivity index (χ1n) is 5.98. The van der Waals surface area contributed by atoms with Gasteiger partial charge in [0.05, 0.1) is 6.54 Å². The molecule has 0 aromatic heterocycles. The minimum absolute atomic E-state index is 0.757. The van der Waals surface area contributed by atoms with Crippen molar-refractivity contribution in [3.8, 4) is 0 Å². The molecule has 16 heavy (non-hydrogen) atoms. The quantitative estimate of drug-likeness (QED) is 0.723. The average Bonchev–Trinajstić information content (AvgIpc) is 2.78. The van der Waals surface area contributed by atoms with Gasteiger partial charge in [0.2, 0.25) is 0 Å². The fourth-order valence-corrected chi connectivity index (χ4v) is 1.63. The molecule has 0 radical (unpaired) electrons. The van der Waals surface area contributed by atoms with E-state index in [2.05, 4.69) is 35.1 Å². The first-order valence-corrected chi connectivity index (χ1v) is 5.98. The molecule has 0 atom stereocenters. The third-order valence-electron chi connectivity index (χ3n) is 2.39. The van der Waals surface area contributed by atoms with Crippen molar-refractivity contribution in [2.45, 2.75) is 34.1 Å². The maximum Gasteiger partial charge on any atom is 0.155 e. The molecular formula is C14H20N2. The first-order chi connectivity index (χ1) is 7.81. The molecule has 1 aliphatic rings. The number of hydrogen-bond donors (Lipinski definition) is 0. The first kappa shape index (κ1) is 12.6. The second-order valence-corrected chi connectivity index (χ2v) is 3.50. The SMILES string of the molecule is CC.CCc1ccccc1C1=NCC(C)=N1. The Balaban J connectivity index is 0.000000606. The monoisotopic (exact) mass is 216 g/mol. The van der Waals surface area contributed by atoms with Crippen molar-refractivity contribution in [1.82, 2.24) is 0 Å². The third-order valence-corrected chi connectivity index (χ3v) is 2.39. The number of nitrogens with zero attached hydrogens (tertiary/aromatic N) is 2. The van der Waals surface area contributed by atoms with E-state index >= 15 is 0 Å². The Kier molecular flexibility index (Phi) is 4.90. The van der Waals surface area contributed by atoms with E-state index in [1.54, 1.807) is 0 Å². The molecule has 0 saturated carbocycles. The van der Waals surface area contributed by atoms with Crippen LogP contribution < -0.4 is 0 Å². The average molecular weight is 216 g/mol. The molecule has 0 spiro atoms. The van der Waals surface area contributed by atoms with Crippen LogP contribution in [-0.4, -0.2) is 18.1 Å². The van der Waals surface area contributed by atoms with Gasteiger partial charge in [0, 0.05) is 11.3 Å². The minimum Gasteiger partial charge on any atom is -0.260 e. The summed E-state index contributed by atoms with van der Waals surface area (Å²) in [4.78, 5) is 8.84. The van der Waals surface area contributed by atoms with E-state index in [4.69, 9.17) is 0 Å². The maximum absolute atomic E-state index is 4.43. The molecule has 2 rings (SSSR count). The zero-order chi connectivity index (χ0) is 12.0. The third kappa shape index (κ3) is 2.78. The van der Waals surface area contributed by atoms with Crippen LogP contribution in [-0.2, 0) is 6.42 Å². The van der Waals surface area contributed by atoms with Crippen LogP contribution >= 0.6 is 0 Å². The molecule has 86 valence electrons. The highest BCUT2D eigenvalue weighted by Crippen LogP contribution is 2.14. The van der Waals surface area contributed by atoms with Crippen LogP contribution in [0.5, 0.6) is 0 Å². The van der Waals surface area contributed by atoms with E-state index in [0.717, 1.165) is 24.5 Å². The topological polar surface area (TPSA) is 24.7 Å². The minimum atomic E-state index is 0.757. The Morgan fingerprint density at radius 3 is 2.44 bits per heavy atom. The Labute approximate surface area is 98.1 Å². The summed E-state index contributed by atoms with van der Waals surface area (Å²) in [5, 5.41) is 0. The largest absolute Gasteiger partial charge is 0.260 e. The molecule has 1 aliphatic heterocycles. The van der Waals surface area contributed by atoms with Gasteiger partial charge < -0.3 is 0 Å². The van der Waals surface area contributed by atoms with Crippen LogP contribution in [0, 0.1) is 0 Å². The summed E-state index contributed by atoms with van der Waals surface area (Å²) in [6.07, 6.45) is 1.03. The summed E-state index contributed by atoms with van der Waals surface area (Å²) in [6.45, 7) is 8.93. The van der Waals surface area contributed by atoms with Crippen molar-refractivity contribution < 1.29 is 0 Å². The fraction of sp³-hybridized carbons (Fsp3) is 0.429. The summed E-state index contributed by atoms with van der Waals surface area (Å²) in [5.41, 5.74) is 3.61. The van der Waals surface area contributed by atoms with Gasteiger partial charge in [0.25, 0.3) is 0 Å². The van der Waals surface area contributed by atoms with Crippen LogP contribution in [0.4, 0.5) is 0 Å². The molecule has 2 nitrogen and oxygen atoms in total. The molecule has 2 heteroatoms. The van der Waals surface area contributed by atoms with Crippen LogP contribution in [0.25, 0.3) is 0 Å². The number of rotatable bonds is 2. The zero-order valence-electron chi connectivity index (χ0n) is 10.6. The Morgan fingerprint density at radius 1 is 1.19 bits per heavy atom. The van der Waals surface area contributed by atoms with Gasteiger partial charge >= 0.3 is 0 Å². The Hall–Kier alpha value is -1.44. The Bertz CT molecular complexity index is 403. The van der Waals surface area contributed by atoms with E-state index in [9.17, 15) is 0 Å². The van der Waals surface area contributed by atoms with Gasteiger partial charge in [-0.05, 0) is 18.9 Å². The summed E-state index contributed by atoms with van der Waals surface area (Å²) >= 11 is 0. The van der Waals surface area contributed by atoms with Crippen molar-refractivity contribution in [1.29, 1.82) is 0 Å². The molecule has 0 N–H and O–H groups in total. The molecule has 0 fully saturated rings. The standard InChI is InChI=1S/C12H14N2.C2H6/c1-3-10-6-4-5-7-11(10)12-13-8-9(2)14-12;1-2/h4-7H,3,8H2,1-2H3;1-2H3. The van der Waals surface area contributed by atoms with E-state index in [0.29, 0.717) is 0 Å². The van der Waals surface area contributed by atoms with Crippen molar-refractivity contribution in [2.24, 2.45) is 9.98 Å². The van der Waals surface area contributed by atoms with Crippen molar-refractivity contribution in [3.63, 3.8) is 0 Å². The summed E-state index contributed by atoms with van der Waals surface area (Å²) in [6, 6.07) is 8.34. The van der Waals surface area contributed by atoms with E-state index in [1.807, 2.05) is 26.8 Å². The second-order valence-electron chi connectivity index (χ2n) is 3.50. The predicted octanol–water partition coefficient (Wildman–Crippen LogP) is 3.50. The van der Waals surface area contributed by atoms with Gasteiger partial charge in [-0.3, -0.25) is 4.99 Å². The van der Waals surface area contributed by atoms with E-state index in [-0.39, 0.29) is 0 Å². The lowest BCUT2D eigenvalue weighted by Crippen LogP contribution is -1.99. The fourth-order valence-electron chi connectivity index (χ4n) is 1.63. The maximum atomic E-state index is 4.43. The highest BCUT2D eigenvalue weighted by Gasteiger charge is 2.11. The number of aryl methyl sites for hydroxylation is 1. The lowest BCUT2D eigenvalue weighted by atomic mass is 10.0. The van der Waals surface area contributed by atoms with E-state index in [1.165, 1.54) is 11.1 Å². The lowest BCUT2D eigenvalue weighted by Gasteiger charge is -2.04. The molecule has 1 heterocycles. The smallest absolute Gasteiger partial charge is 0.155 e. The van der Waals surface area contributed by atoms with Crippen LogP contribution in [0.3, 0.4) is 0 Å². The highest BCUT2D eigenvalue weighted by atomic mass is 15.0. The van der Waals surface area contributed by atoms with Gasteiger partial charge in [-0.1, -0.05) is 45.0 Å². The van der Waals surface area contributed by atoms with Crippen molar-refractivity contribution in [3.05, 3.63) is 35.4 Å². The molecule has 1 aromatic carbocycles. The highest BCUT2D eigenvalue weighted by molar-refractivity contribution is 6.11. The van der Waals surface area contributed by atoms with Gasteiger partial charge in [0.1, 0.15) is 0 Å². The molecule has 0 unspecified atom stereocenters. The van der Waals surface area contributed by atoms with Crippen LogP contribution in [0.15, 0.2) is 34.3 Å². The van der Waals surface area contributed by atoms with Crippen LogP contribution in [0.2, 0.25) is 0 Å². The van der Waals surface area contributed by atoms with Gasteiger partial charge in [-0.15, -0.1) is 0 Å². The zero-order valence-corrected chi connectivity index (χ0v) is 10.6. The van der Waals surface area contributed by atoms with Crippen molar-refractivity contribution >= 4 is 11.5 Å². The number of benzene rings is 1. The second kappa shape index (κ2) is 6.21. The summed E-state index contributed by atoms with van der Waals surface area (Å²) in [5.74, 6) is 0.903. The van der Waals surface area contributed by atoms with Gasteiger partial charge in [-0.25, -0.2) is 4.99 Å². The number of amidine groups is 1. The summed E-state index contributed by atoms with van der Waals surface area (Å²) in [7, 11) is 0. The predicted molar refractivity (Wildman–Crippen MR) is 71.7 cm³/mol. The molecule has 0 aliphatic carbocycles. The number of hydrogen-bond acceptors (Lipinski definition) is 2.